The van der Waals surface area contributed by atoms with Crippen molar-refractivity contribution in [2.24, 2.45) is 0 Å². The maximum absolute atomic E-state index is 3.50. The summed E-state index contributed by atoms with van der Waals surface area (Å²) < 4.78 is 1.09. The predicted molar refractivity (Wildman–Crippen MR) is 73.0 cm³/mol. The topological polar surface area (TPSA) is 0 Å². The Balaban J connectivity index is 2.22. The van der Waals surface area contributed by atoms with Crippen molar-refractivity contribution < 1.29 is 0 Å². The molecule has 0 fully saturated rings. The fourth-order valence-corrected chi connectivity index (χ4v) is 1.77. The van der Waals surface area contributed by atoms with Gasteiger partial charge in [0.15, 0.2) is 0 Å². The molecule has 0 radical (unpaired) electrons. The zero-order valence-corrected chi connectivity index (χ0v) is 10.3. The lowest BCUT2D eigenvalue weighted by Gasteiger charge is -1.94. The van der Waals surface area contributed by atoms with Crippen molar-refractivity contribution in [3.05, 3.63) is 75.9 Å². The Morgan fingerprint density at radius 2 is 1.50 bits per heavy atom. The lowest BCUT2D eigenvalue weighted by atomic mass is 10.2. The second-order valence-electron chi connectivity index (χ2n) is 3.39. The average Bonchev–Trinajstić information content (AvgIpc) is 2.33. The monoisotopic (exact) mass is 270 g/mol. The summed E-state index contributed by atoms with van der Waals surface area (Å²) in [6, 6.07) is 18.3. The molecule has 0 saturated heterocycles. The maximum Gasteiger partial charge on any atom is 0.0253 e. The van der Waals surface area contributed by atoms with Crippen molar-refractivity contribution >= 4 is 28.1 Å². The summed E-state index contributed by atoms with van der Waals surface area (Å²) >= 11 is 3.50. The molecule has 2 rings (SSSR count). The normalized spacial score (nSPS) is 9.31. The highest BCUT2D eigenvalue weighted by Crippen LogP contribution is 2.16. The molecule has 0 aliphatic rings. The van der Waals surface area contributed by atoms with Crippen LogP contribution in [0.3, 0.4) is 0 Å². The number of rotatable bonds is 2. The SMILES string of the molecule is Brc1ccccc1C=C=Cc1ccccc1. The van der Waals surface area contributed by atoms with Crippen LogP contribution in [-0.4, -0.2) is 0 Å². The van der Waals surface area contributed by atoms with Crippen LogP contribution in [-0.2, 0) is 0 Å². The molecule has 2 aromatic carbocycles. The summed E-state index contributed by atoms with van der Waals surface area (Å²) in [5, 5.41) is 0. The van der Waals surface area contributed by atoms with Gasteiger partial charge in [-0.25, -0.2) is 0 Å². The maximum atomic E-state index is 3.50. The highest BCUT2D eigenvalue weighted by atomic mass is 79.9. The van der Waals surface area contributed by atoms with Crippen LogP contribution in [0.1, 0.15) is 11.1 Å². The molecular formula is C15H11Br. The van der Waals surface area contributed by atoms with E-state index in [1.165, 1.54) is 0 Å². The Morgan fingerprint density at radius 1 is 0.812 bits per heavy atom. The molecule has 0 aromatic heterocycles. The molecule has 0 spiro atoms. The van der Waals surface area contributed by atoms with Crippen LogP contribution in [0, 0.1) is 0 Å². The first-order valence-corrected chi connectivity index (χ1v) is 5.87. The van der Waals surface area contributed by atoms with Crippen LogP contribution in [0.25, 0.3) is 12.2 Å². The lowest BCUT2D eigenvalue weighted by Crippen LogP contribution is -1.71. The van der Waals surface area contributed by atoms with E-state index in [0.717, 1.165) is 15.6 Å². The van der Waals surface area contributed by atoms with Gasteiger partial charge in [0.2, 0.25) is 0 Å². The Kier molecular flexibility index (Phi) is 3.76. The first-order chi connectivity index (χ1) is 7.86. The molecule has 0 nitrogen and oxygen atoms in total. The van der Waals surface area contributed by atoms with Gasteiger partial charge in [0.1, 0.15) is 0 Å². The van der Waals surface area contributed by atoms with E-state index in [1.807, 2.05) is 48.6 Å². The van der Waals surface area contributed by atoms with Gasteiger partial charge in [-0.1, -0.05) is 64.5 Å². The fraction of sp³-hybridized carbons (Fsp3) is 0. The van der Waals surface area contributed by atoms with Gasteiger partial charge in [-0.2, -0.15) is 0 Å². The minimum Gasteiger partial charge on any atom is -0.120 e. The van der Waals surface area contributed by atoms with E-state index < -0.39 is 0 Å². The smallest absolute Gasteiger partial charge is 0.0253 e. The standard InChI is InChI=1S/C15H11Br/c16-15-12-5-4-10-14(15)11-6-9-13-7-2-1-3-8-13/h1-5,7-12H. The fourth-order valence-electron chi connectivity index (χ4n) is 1.37. The highest BCUT2D eigenvalue weighted by molar-refractivity contribution is 9.10. The van der Waals surface area contributed by atoms with E-state index in [4.69, 9.17) is 0 Å². The van der Waals surface area contributed by atoms with Crippen molar-refractivity contribution in [3.63, 3.8) is 0 Å². The third-order valence-corrected chi connectivity index (χ3v) is 2.92. The molecule has 0 N–H and O–H groups in total. The highest BCUT2D eigenvalue weighted by Gasteiger charge is 1.90. The van der Waals surface area contributed by atoms with Gasteiger partial charge in [-0.05, 0) is 29.3 Å². The zero-order chi connectivity index (χ0) is 11.2. The molecule has 0 bridgehead atoms. The number of halogens is 1. The number of hydrogen-bond acceptors (Lipinski definition) is 0. The second kappa shape index (κ2) is 5.50. The van der Waals surface area contributed by atoms with Crippen molar-refractivity contribution in [2.45, 2.75) is 0 Å². The van der Waals surface area contributed by atoms with Gasteiger partial charge < -0.3 is 0 Å². The van der Waals surface area contributed by atoms with Crippen molar-refractivity contribution in [1.29, 1.82) is 0 Å². The largest absolute Gasteiger partial charge is 0.120 e. The van der Waals surface area contributed by atoms with Crippen LogP contribution >= 0.6 is 15.9 Å². The van der Waals surface area contributed by atoms with Gasteiger partial charge in [0.25, 0.3) is 0 Å². The summed E-state index contributed by atoms with van der Waals surface area (Å²) in [6.45, 7) is 0. The summed E-state index contributed by atoms with van der Waals surface area (Å²) in [5.74, 6) is 0. The van der Waals surface area contributed by atoms with E-state index in [9.17, 15) is 0 Å². The molecule has 16 heavy (non-hydrogen) atoms. The molecule has 78 valence electrons. The average molecular weight is 271 g/mol. The van der Waals surface area contributed by atoms with E-state index >= 15 is 0 Å². The van der Waals surface area contributed by atoms with E-state index in [2.05, 4.69) is 39.9 Å². The van der Waals surface area contributed by atoms with Crippen LogP contribution in [0.15, 0.2) is 64.8 Å². The Morgan fingerprint density at radius 3 is 2.25 bits per heavy atom. The summed E-state index contributed by atoms with van der Waals surface area (Å²) in [4.78, 5) is 0. The molecule has 1 heteroatoms. The van der Waals surface area contributed by atoms with E-state index in [1.54, 1.807) is 0 Å². The van der Waals surface area contributed by atoms with Crippen LogP contribution in [0.2, 0.25) is 0 Å². The Bertz CT molecular complexity index is 520. The molecule has 0 aliphatic carbocycles. The Labute approximate surface area is 104 Å². The molecule has 0 amide bonds. The van der Waals surface area contributed by atoms with Crippen molar-refractivity contribution in [2.75, 3.05) is 0 Å². The molecule has 0 unspecified atom stereocenters. The van der Waals surface area contributed by atoms with Crippen LogP contribution in [0.4, 0.5) is 0 Å². The lowest BCUT2D eigenvalue weighted by molar-refractivity contribution is 1.60. The van der Waals surface area contributed by atoms with Gasteiger partial charge in [-0.15, -0.1) is 5.73 Å². The molecule has 0 saturated carbocycles. The third-order valence-electron chi connectivity index (χ3n) is 2.19. The summed E-state index contributed by atoms with van der Waals surface area (Å²) in [7, 11) is 0. The molecular weight excluding hydrogens is 260 g/mol. The Hall–Kier alpha value is -1.56. The van der Waals surface area contributed by atoms with Crippen molar-refractivity contribution in [1.82, 2.24) is 0 Å². The van der Waals surface area contributed by atoms with E-state index in [-0.39, 0.29) is 0 Å². The number of hydrogen-bond donors (Lipinski definition) is 0. The van der Waals surface area contributed by atoms with Gasteiger partial charge in [0.05, 0.1) is 0 Å². The van der Waals surface area contributed by atoms with Gasteiger partial charge in [-0.3, -0.25) is 0 Å². The zero-order valence-electron chi connectivity index (χ0n) is 8.73. The quantitative estimate of drug-likeness (QED) is 0.690. The van der Waals surface area contributed by atoms with Gasteiger partial charge >= 0.3 is 0 Å². The minimum atomic E-state index is 1.09. The van der Waals surface area contributed by atoms with E-state index in [0.29, 0.717) is 0 Å². The first kappa shape index (κ1) is 10.9. The summed E-state index contributed by atoms with van der Waals surface area (Å²) in [5.41, 5.74) is 5.47. The van der Waals surface area contributed by atoms with Gasteiger partial charge in [0, 0.05) is 4.47 Å². The first-order valence-electron chi connectivity index (χ1n) is 5.08. The minimum absolute atomic E-state index is 1.09. The third kappa shape index (κ3) is 2.96. The number of benzene rings is 2. The van der Waals surface area contributed by atoms with Crippen molar-refractivity contribution in [3.8, 4) is 0 Å². The second-order valence-corrected chi connectivity index (χ2v) is 4.24. The van der Waals surface area contributed by atoms with Crippen LogP contribution in [0.5, 0.6) is 0 Å². The molecule has 0 atom stereocenters. The molecule has 0 heterocycles. The molecule has 0 aliphatic heterocycles. The predicted octanol–water partition coefficient (Wildman–Crippen LogP) is 4.77. The molecule has 2 aromatic rings. The summed E-state index contributed by atoms with van der Waals surface area (Å²) in [6.07, 6.45) is 3.94. The van der Waals surface area contributed by atoms with Crippen LogP contribution < -0.4 is 0 Å².